The van der Waals surface area contributed by atoms with Gasteiger partial charge in [-0.1, -0.05) is 0 Å². The van der Waals surface area contributed by atoms with Gasteiger partial charge in [0.1, 0.15) is 5.00 Å². The fourth-order valence-corrected chi connectivity index (χ4v) is 3.78. The number of nitrogens with one attached hydrogen (secondary N) is 1. The van der Waals surface area contributed by atoms with Crippen LogP contribution in [-0.2, 0) is 13.0 Å². The van der Waals surface area contributed by atoms with Crippen LogP contribution in [0.2, 0.25) is 0 Å². The highest BCUT2D eigenvalue weighted by molar-refractivity contribution is 7.17. The third kappa shape index (κ3) is 3.01. The summed E-state index contributed by atoms with van der Waals surface area (Å²) in [5.74, 6) is -0.685. The largest absolute Gasteiger partial charge is 0.459 e. The quantitative estimate of drug-likeness (QED) is 0.894. The van der Waals surface area contributed by atoms with Crippen LogP contribution in [0.3, 0.4) is 0 Å². The molecule has 0 unspecified atom stereocenters. The molecule has 2 amide bonds. The van der Waals surface area contributed by atoms with E-state index < -0.39 is 5.91 Å². The van der Waals surface area contributed by atoms with Crippen molar-refractivity contribution < 1.29 is 14.0 Å². The molecule has 0 saturated heterocycles. The molecule has 1 aliphatic heterocycles. The number of carbonyl (C=O) groups excluding carboxylic acids is 2. The van der Waals surface area contributed by atoms with Gasteiger partial charge in [0.2, 0.25) is 0 Å². The van der Waals surface area contributed by atoms with Crippen molar-refractivity contribution in [3.8, 4) is 0 Å². The number of hydrogen-bond acceptors (Lipinski definition) is 5. The molecule has 0 atom stereocenters. The molecule has 3 heterocycles. The fraction of sp³-hybridized carbons (Fsp3) is 0.286. The number of fused-ring (bicyclic) bond motifs is 1. The molecular weight excluding hydrogens is 326 g/mol. The second kappa shape index (κ2) is 6.51. The van der Waals surface area contributed by atoms with Crippen LogP contribution in [-0.4, -0.2) is 30.3 Å². The molecule has 0 radical (unpaired) electrons. The van der Waals surface area contributed by atoms with Crippen molar-refractivity contribution in [3.63, 3.8) is 0 Å². The number of anilines is 1. The third-order valence-corrected chi connectivity index (χ3v) is 4.60. The Balaban J connectivity index is 0.00000176. The standard InChI is InChI=1S/C14H15N3O3S.ClH/c1-17-5-4-8-10(7-17)21-14(11(8)12(15)18)16-13(19)9-3-2-6-20-9;/h2-3,6H,4-5,7H2,1H3,(H2,15,18)(H,16,19);1H. The van der Waals surface area contributed by atoms with E-state index in [0.717, 1.165) is 30.0 Å². The van der Waals surface area contributed by atoms with Gasteiger partial charge in [-0.15, -0.1) is 23.7 Å². The number of primary amides is 1. The van der Waals surface area contributed by atoms with E-state index in [1.54, 1.807) is 12.1 Å². The van der Waals surface area contributed by atoms with E-state index in [9.17, 15) is 9.59 Å². The Bertz CT molecular complexity index is 697. The second-order valence-corrected chi connectivity index (χ2v) is 6.10. The Labute approximate surface area is 137 Å². The summed E-state index contributed by atoms with van der Waals surface area (Å²) < 4.78 is 5.06. The van der Waals surface area contributed by atoms with Gasteiger partial charge in [-0.2, -0.15) is 0 Å². The van der Waals surface area contributed by atoms with Gasteiger partial charge in [0.25, 0.3) is 11.8 Å². The Morgan fingerprint density at radius 2 is 2.23 bits per heavy atom. The van der Waals surface area contributed by atoms with Gasteiger partial charge in [-0.3, -0.25) is 9.59 Å². The number of thiophene rings is 1. The van der Waals surface area contributed by atoms with Crippen molar-refractivity contribution >= 4 is 40.6 Å². The Morgan fingerprint density at radius 3 is 2.86 bits per heavy atom. The van der Waals surface area contributed by atoms with Crippen LogP contribution in [0.4, 0.5) is 5.00 Å². The molecule has 0 aromatic carbocycles. The lowest BCUT2D eigenvalue weighted by atomic mass is 10.0. The average Bonchev–Trinajstić information content (AvgIpc) is 3.04. The molecular formula is C14H16ClN3O3S. The summed E-state index contributed by atoms with van der Waals surface area (Å²) in [7, 11) is 2.02. The maximum Gasteiger partial charge on any atom is 0.291 e. The SMILES string of the molecule is CN1CCc2c(sc(NC(=O)c3ccco3)c2C(N)=O)C1.Cl. The Hall–Kier alpha value is -1.83. The van der Waals surface area contributed by atoms with Crippen molar-refractivity contribution in [3.05, 3.63) is 40.2 Å². The molecule has 1 aliphatic rings. The van der Waals surface area contributed by atoms with Crippen LogP contribution in [0.5, 0.6) is 0 Å². The molecule has 0 fully saturated rings. The number of likely N-dealkylation sites (N-methyl/N-ethyl adjacent to an activating group) is 1. The Kier molecular flexibility index (Phi) is 4.90. The number of amides is 2. The second-order valence-electron chi connectivity index (χ2n) is 4.99. The smallest absolute Gasteiger partial charge is 0.291 e. The predicted octanol–water partition coefficient (Wildman–Crippen LogP) is 2.10. The molecule has 3 rings (SSSR count). The number of hydrogen-bond donors (Lipinski definition) is 2. The fourth-order valence-electron chi connectivity index (χ4n) is 2.45. The van der Waals surface area contributed by atoms with E-state index in [-0.39, 0.29) is 24.1 Å². The van der Waals surface area contributed by atoms with E-state index in [4.69, 9.17) is 10.2 Å². The first-order valence-corrected chi connectivity index (χ1v) is 7.35. The molecule has 0 spiro atoms. The zero-order valence-electron chi connectivity index (χ0n) is 11.9. The molecule has 118 valence electrons. The van der Waals surface area contributed by atoms with Crippen molar-refractivity contribution in [1.29, 1.82) is 0 Å². The van der Waals surface area contributed by atoms with Crippen LogP contribution in [0, 0.1) is 0 Å². The van der Waals surface area contributed by atoms with Gasteiger partial charge in [0, 0.05) is 18.0 Å². The van der Waals surface area contributed by atoms with Gasteiger partial charge < -0.3 is 20.4 Å². The van der Waals surface area contributed by atoms with Crippen LogP contribution in [0.1, 0.15) is 31.4 Å². The average molecular weight is 342 g/mol. The molecule has 0 aliphatic carbocycles. The van der Waals surface area contributed by atoms with E-state index in [1.807, 2.05) is 7.05 Å². The van der Waals surface area contributed by atoms with Gasteiger partial charge >= 0.3 is 0 Å². The number of nitrogens with zero attached hydrogens (tertiary/aromatic N) is 1. The summed E-state index contributed by atoms with van der Waals surface area (Å²) in [5, 5.41) is 3.24. The van der Waals surface area contributed by atoms with E-state index >= 15 is 0 Å². The van der Waals surface area contributed by atoms with Gasteiger partial charge in [-0.25, -0.2) is 0 Å². The summed E-state index contributed by atoms with van der Waals surface area (Å²) in [4.78, 5) is 27.1. The lowest BCUT2D eigenvalue weighted by Crippen LogP contribution is -2.27. The van der Waals surface area contributed by atoms with Crippen molar-refractivity contribution in [2.75, 3.05) is 18.9 Å². The highest BCUT2D eigenvalue weighted by Crippen LogP contribution is 2.36. The normalized spacial score (nSPS) is 14.0. The van der Waals surface area contributed by atoms with E-state index in [2.05, 4.69) is 10.2 Å². The van der Waals surface area contributed by atoms with Crippen LogP contribution < -0.4 is 11.1 Å². The van der Waals surface area contributed by atoms with Crippen molar-refractivity contribution in [1.82, 2.24) is 4.90 Å². The maximum absolute atomic E-state index is 12.1. The lowest BCUT2D eigenvalue weighted by Gasteiger charge is -2.22. The zero-order valence-corrected chi connectivity index (χ0v) is 13.6. The summed E-state index contributed by atoms with van der Waals surface area (Å²) in [5.41, 5.74) is 6.88. The van der Waals surface area contributed by atoms with Gasteiger partial charge in [-0.05, 0) is 31.2 Å². The number of nitrogens with two attached hydrogens (primary N) is 1. The number of furan rings is 1. The molecule has 22 heavy (non-hydrogen) atoms. The van der Waals surface area contributed by atoms with Gasteiger partial charge in [0.15, 0.2) is 5.76 Å². The summed E-state index contributed by atoms with van der Waals surface area (Å²) in [6.07, 6.45) is 2.19. The first-order valence-electron chi connectivity index (χ1n) is 6.54. The zero-order chi connectivity index (χ0) is 15.0. The predicted molar refractivity (Wildman–Crippen MR) is 86.8 cm³/mol. The first kappa shape index (κ1) is 16.5. The third-order valence-electron chi connectivity index (χ3n) is 3.47. The minimum absolute atomic E-state index is 0. The molecule has 2 aromatic rings. The van der Waals surface area contributed by atoms with Crippen LogP contribution >= 0.6 is 23.7 Å². The number of carbonyl (C=O) groups is 2. The molecule has 0 saturated carbocycles. The molecule has 6 nitrogen and oxygen atoms in total. The van der Waals surface area contributed by atoms with Crippen LogP contribution in [0.15, 0.2) is 22.8 Å². The van der Waals surface area contributed by atoms with Crippen molar-refractivity contribution in [2.24, 2.45) is 5.73 Å². The maximum atomic E-state index is 12.1. The minimum Gasteiger partial charge on any atom is -0.459 e. The highest BCUT2D eigenvalue weighted by atomic mass is 35.5. The summed E-state index contributed by atoms with van der Waals surface area (Å²) >= 11 is 1.40. The first-order chi connectivity index (χ1) is 10.1. The summed E-state index contributed by atoms with van der Waals surface area (Å²) in [6, 6.07) is 3.21. The highest BCUT2D eigenvalue weighted by Gasteiger charge is 2.27. The Morgan fingerprint density at radius 1 is 1.45 bits per heavy atom. The van der Waals surface area contributed by atoms with E-state index in [0.29, 0.717) is 10.6 Å². The molecule has 2 aromatic heterocycles. The van der Waals surface area contributed by atoms with Crippen LogP contribution in [0.25, 0.3) is 0 Å². The summed E-state index contributed by atoms with van der Waals surface area (Å²) in [6.45, 7) is 1.63. The number of rotatable bonds is 3. The van der Waals surface area contributed by atoms with Crippen molar-refractivity contribution in [2.45, 2.75) is 13.0 Å². The topological polar surface area (TPSA) is 88.6 Å². The molecule has 3 N–H and O–H groups in total. The number of halogens is 1. The lowest BCUT2D eigenvalue weighted by molar-refractivity contribution is 0.0997. The minimum atomic E-state index is -0.508. The van der Waals surface area contributed by atoms with Gasteiger partial charge in [0.05, 0.1) is 11.8 Å². The molecule has 0 bridgehead atoms. The monoisotopic (exact) mass is 341 g/mol. The van der Waals surface area contributed by atoms with E-state index in [1.165, 1.54) is 17.6 Å². The molecule has 8 heteroatoms.